The van der Waals surface area contributed by atoms with Gasteiger partial charge in [0.2, 0.25) is 0 Å². The lowest BCUT2D eigenvalue weighted by atomic mass is 9.99. The smallest absolute Gasteiger partial charge is 0.306 e. The summed E-state index contributed by atoms with van der Waals surface area (Å²) in [5.74, 6) is 0.134. The standard InChI is InChI=1S/C26H30FNO4/c1-26(2,3)32-24(29)13-8-19(16-27)18-31-23-11-9-21(10-12-23)25(30)28-15-14-20-6-4-5-7-22(20)17-28/h4-7,9-12,16H,8,13-15,17-18H2,1-3H3. The van der Waals surface area contributed by atoms with Crippen molar-refractivity contribution >= 4 is 11.9 Å². The second-order valence-electron chi connectivity index (χ2n) is 8.91. The van der Waals surface area contributed by atoms with Gasteiger partial charge < -0.3 is 14.4 Å². The summed E-state index contributed by atoms with van der Waals surface area (Å²) in [5.41, 5.74) is 2.86. The molecule has 2 aromatic rings. The van der Waals surface area contributed by atoms with Gasteiger partial charge in [0.15, 0.2) is 0 Å². The second kappa shape index (κ2) is 10.4. The molecule has 0 fully saturated rings. The van der Waals surface area contributed by atoms with Crippen molar-refractivity contribution in [3.63, 3.8) is 0 Å². The number of nitrogens with zero attached hydrogens (tertiary/aromatic N) is 1. The molecule has 3 rings (SSSR count). The summed E-state index contributed by atoms with van der Waals surface area (Å²) in [6.07, 6.45) is 1.63. The van der Waals surface area contributed by atoms with Gasteiger partial charge in [-0.05, 0) is 74.6 Å². The third-order valence-corrected chi connectivity index (χ3v) is 5.17. The van der Waals surface area contributed by atoms with Crippen LogP contribution in [0.1, 0.15) is 55.1 Å². The van der Waals surface area contributed by atoms with Crippen LogP contribution >= 0.6 is 0 Å². The molecule has 0 spiro atoms. The molecule has 0 atom stereocenters. The van der Waals surface area contributed by atoms with Crippen LogP contribution in [0.5, 0.6) is 5.75 Å². The lowest BCUT2D eigenvalue weighted by molar-refractivity contribution is -0.154. The largest absolute Gasteiger partial charge is 0.489 e. The van der Waals surface area contributed by atoms with Gasteiger partial charge in [-0.25, -0.2) is 4.39 Å². The molecular weight excluding hydrogens is 409 g/mol. The Kier molecular flexibility index (Phi) is 7.67. The van der Waals surface area contributed by atoms with Gasteiger partial charge in [0.1, 0.15) is 18.0 Å². The lowest BCUT2D eigenvalue weighted by Gasteiger charge is -2.29. The van der Waals surface area contributed by atoms with Crippen LogP contribution in [0.2, 0.25) is 0 Å². The Hall–Kier alpha value is -3.15. The van der Waals surface area contributed by atoms with Crippen LogP contribution < -0.4 is 4.74 Å². The molecule has 2 aromatic carbocycles. The van der Waals surface area contributed by atoms with Crippen molar-refractivity contribution in [1.29, 1.82) is 0 Å². The van der Waals surface area contributed by atoms with E-state index in [-0.39, 0.29) is 31.3 Å². The van der Waals surface area contributed by atoms with Gasteiger partial charge in [-0.1, -0.05) is 24.3 Å². The van der Waals surface area contributed by atoms with Crippen molar-refractivity contribution < 1.29 is 23.5 Å². The summed E-state index contributed by atoms with van der Waals surface area (Å²) >= 11 is 0. The Morgan fingerprint density at radius 1 is 1.03 bits per heavy atom. The quantitative estimate of drug-likeness (QED) is 0.554. The number of hydrogen-bond donors (Lipinski definition) is 0. The van der Waals surface area contributed by atoms with E-state index in [0.717, 1.165) is 6.42 Å². The summed E-state index contributed by atoms with van der Waals surface area (Å²) in [7, 11) is 0. The lowest BCUT2D eigenvalue weighted by Crippen LogP contribution is -2.35. The highest BCUT2D eigenvalue weighted by Crippen LogP contribution is 2.22. The van der Waals surface area contributed by atoms with Crippen LogP contribution in [0.25, 0.3) is 0 Å². The predicted molar refractivity (Wildman–Crippen MR) is 121 cm³/mol. The first-order valence-corrected chi connectivity index (χ1v) is 10.8. The summed E-state index contributed by atoms with van der Waals surface area (Å²) in [6.45, 7) is 6.69. The van der Waals surface area contributed by atoms with E-state index in [2.05, 4.69) is 12.1 Å². The maximum Gasteiger partial charge on any atom is 0.306 e. The van der Waals surface area contributed by atoms with E-state index in [0.29, 0.717) is 36.3 Å². The summed E-state index contributed by atoms with van der Waals surface area (Å²) in [6, 6.07) is 15.0. The van der Waals surface area contributed by atoms with Crippen LogP contribution in [0.3, 0.4) is 0 Å². The maximum atomic E-state index is 13.2. The van der Waals surface area contributed by atoms with Crippen molar-refractivity contribution in [2.24, 2.45) is 0 Å². The molecule has 0 saturated heterocycles. The molecular formula is C26H30FNO4. The number of hydrogen-bond acceptors (Lipinski definition) is 4. The predicted octanol–water partition coefficient (Wildman–Crippen LogP) is 5.24. The number of carbonyl (C=O) groups excluding carboxylic acids is 2. The molecule has 32 heavy (non-hydrogen) atoms. The highest BCUT2D eigenvalue weighted by atomic mass is 19.1. The Balaban J connectivity index is 1.50. The fourth-order valence-electron chi connectivity index (χ4n) is 3.53. The molecule has 5 nitrogen and oxygen atoms in total. The van der Waals surface area contributed by atoms with E-state index in [1.165, 1.54) is 11.1 Å². The maximum absolute atomic E-state index is 13.2. The Morgan fingerprint density at radius 2 is 1.72 bits per heavy atom. The topological polar surface area (TPSA) is 55.8 Å². The van der Waals surface area contributed by atoms with Gasteiger partial charge >= 0.3 is 5.97 Å². The fourth-order valence-corrected chi connectivity index (χ4v) is 3.53. The number of fused-ring (bicyclic) bond motifs is 1. The molecule has 0 saturated carbocycles. The van der Waals surface area contributed by atoms with Crippen LogP contribution in [-0.2, 0) is 22.5 Å². The number of ether oxygens (including phenoxy) is 2. The van der Waals surface area contributed by atoms with Gasteiger partial charge in [-0.2, -0.15) is 0 Å². The zero-order valence-corrected chi connectivity index (χ0v) is 18.9. The molecule has 170 valence electrons. The molecule has 0 aromatic heterocycles. The van der Waals surface area contributed by atoms with Crippen LogP contribution in [0.4, 0.5) is 4.39 Å². The average Bonchev–Trinajstić information content (AvgIpc) is 2.77. The van der Waals surface area contributed by atoms with E-state index in [1.54, 1.807) is 45.0 Å². The van der Waals surface area contributed by atoms with Crippen LogP contribution in [0, 0.1) is 0 Å². The molecule has 0 bridgehead atoms. The number of esters is 1. The number of rotatable bonds is 7. The van der Waals surface area contributed by atoms with Crippen molar-refractivity contribution in [1.82, 2.24) is 4.90 Å². The molecule has 0 radical (unpaired) electrons. The first-order valence-electron chi connectivity index (χ1n) is 10.8. The van der Waals surface area contributed by atoms with E-state index in [9.17, 15) is 14.0 Å². The van der Waals surface area contributed by atoms with Gasteiger partial charge in [0, 0.05) is 25.1 Å². The van der Waals surface area contributed by atoms with Crippen LogP contribution in [-0.4, -0.2) is 35.5 Å². The zero-order chi connectivity index (χ0) is 23.1. The highest BCUT2D eigenvalue weighted by Gasteiger charge is 2.21. The minimum Gasteiger partial charge on any atom is -0.489 e. The van der Waals surface area contributed by atoms with Crippen molar-refractivity contribution in [3.8, 4) is 5.75 Å². The van der Waals surface area contributed by atoms with E-state index >= 15 is 0 Å². The Morgan fingerprint density at radius 3 is 2.38 bits per heavy atom. The summed E-state index contributed by atoms with van der Waals surface area (Å²) in [5, 5.41) is 0. The highest BCUT2D eigenvalue weighted by molar-refractivity contribution is 5.94. The third-order valence-electron chi connectivity index (χ3n) is 5.17. The molecule has 0 N–H and O–H groups in total. The SMILES string of the molecule is CC(C)(C)OC(=O)CCC(=CF)COc1ccc(C(=O)N2CCc3ccccc3C2)cc1. The number of benzene rings is 2. The molecule has 1 aliphatic heterocycles. The van der Waals surface area contributed by atoms with E-state index in [1.807, 2.05) is 17.0 Å². The second-order valence-corrected chi connectivity index (χ2v) is 8.91. The normalized spacial score (nSPS) is 14.0. The molecule has 1 heterocycles. The minimum absolute atomic E-state index is 0.0206. The Bertz CT molecular complexity index is 976. The summed E-state index contributed by atoms with van der Waals surface area (Å²) in [4.78, 5) is 26.5. The number of halogens is 1. The van der Waals surface area contributed by atoms with Crippen molar-refractivity contribution in [3.05, 3.63) is 77.1 Å². The van der Waals surface area contributed by atoms with Gasteiger partial charge in [-0.15, -0.1) is 0 Å². The summed E-state index contributed by atoms with van der Waals surface area (Å²) < 4.78 is 24.1. The first-order chi connectivity index (χ1) is 15.2. The van der Waals surface area contributed by atoms with E-state index in [4.69, 9.17) is 9.47 Å². The number of carbonyl (C=O) groups is 2. The molecule has 1 aliphatic rings. The minimum atomic E-state index is -0.566. The molecule has 6 heteroatoms. The first kappa shape index (κ1) is 23.5. The monoisotopic (exact) mass is 439 g/mol. The van der Waals surface area contributed by atoms with Gasteiger partial charge in [0.25, 0.3) is 5.91 Å². The average molecular weight is 440 g/mol. The number of amides is 1. The third kappa shape index (κ3) is 6.67. The molecule has 1 amide bonds. The van der Waals surface area contributed by atoms with Crippen molar-refractivity contribution in [2.75, 3.05) is 13.2 Å². The van der Waals surface area contributed by atoms with Gasteiger partial charge in [0.05, 0.1) is 6.33 Å². The molecule has 0 aliphatic carbocycles. The molecule has 0 unspecified atom stereocenters. The van der Waals surface area contributed by atoms with Crippen LogP contribution in [0.15, 0.2) is 60.4 Å². The Labute approximate surface area is 188 Å². The zero-order valence-electron chi connectivity index (χ0n) is 18.9. The van der Waals surface area contributed by atoms with Gasteiger partial charge in [-0.3, -0.25) is 9.59 Å². The van der Waals surface area contributed by atoms with Crippen molar-refractivity contribution in [2.45, 2.75) is 52.2 Å². The fraction of sp³-hybridized carbons (Fsp3) is 0.385. The van der Waals surface area contributed by atoms with E-state index < -0.39 is 5.60 Å².